The second-order valence-corrected chi connectivity index (χ2v) is 3.70. The number of carbonyl (C=O) groups is 2. The molecule has 0 spiro atoms. The van der Waals surface area contributed by atoms with E-state index in [-0.39, 0.29) is 18.0 Å². The number of amides is 1. The van der Waals surface area contributed by atoms with Gasteiger partial charge in [-0.05, 0) is 20.8 Å². The first-order valence-electron chi connectivity index (χ1n) is 5.54. The van der Waals surface area contributed by atoms with Gasteiger partial charge in [0.1, 0.15) is 12.1 Å². The number of carbonyl (C=O) groups excluding carboxylic acids is 1. The molecule has 0 aliphatic heterocycles. The maximum atomic E-state index is 11.8. The smallest absolute Gasteiger partial charge is 0.339 e. The van der Waals surface area contributed by atoms with Crippen molar-refractivity contribution in [1.82, 2.24) is 14.7 Å². The summed E-state index contributed by atoms with van der Waals surface area (Å²) in [6, 6.07) is 0. The van der Waals surface area contributed by atoms with Gasteiger partial charge in [0.25, 0.3) is 0 Å². The molecule has 0 bridgehead atoms. The predicted molar refractivity (Wildman–Crippen MR) is 61.9 cm³/mol. The van der Waals surface area contributed by atoms with Gasteiger partial charge in [-0.3, -0.25) is 9.48 Å². The van der Waals surface area contributed by atoms with Crippen LogP contribution < -0.4 is 0 Å². The maximum absolute atomic E-state index is 11.8. The Labute approximate surface area is 99.8 Å². The highest BCUT2D eigenvalue weighted by Crippen LogP contribution is 2.05. The van der Waals surface area contributed by atoms with Crippen LogP contribution in [0.3, 0.4) is 0 Å². The minimum Gasteiger partial charge on any atom is -0.478 e. The quantitative estimate of drug-likeness (QED) is 0.823. The van der Waals surface area contributed by atoms with Crippen LogP contribution in [0, 0.1) is 6.92 Å². The lowest BCUT2D eigenvalue weighted by Gasteiger charge is -2.18. The average Bonchev–Trinajstić information content (AvgIpc) is 2.61. The first-order valence-corrected chi connectivity index (χ1v) is 5.54. The van der Waals surface area contributed by atoms with E-state index in [1.165, 1.54) is 10.9 Å². The number of nitrogens with zero attached hydrogens (tertiary/aromatic N) is 3. The summed E-state index contributed by atoms with van der Waals surface area (Å²) in [7, 11) is 0. The molecule has 6 heteroatoms. The first kappa shape index (κ1) is 13.2. The number of carboxylic acid groups (broad SMARTS) is 1. The Kier molecular flexibility index (Phi) is 4.25. The molecule has 1 amide bonds. The van der Waals surface area contributed by atoms with Crippen molar-refractivity contribution < 1.29 is 14.7 Å². The number of hydrogen-bond acceptors (Lipinski definition) is 3. The molecule has 0 saturated carbocycles. The highest BCUT2D eigenvalue weighted by molar-refractivity contribution is 5.88. The minimum atomic E-state index is -1.02. The lowest BCUT2D eigenvalue weighted by molar-refractivity contribution is -0.131. The fourth-order valence-corrected chi connectivity index (χ4v) is 1.62. The fourth-order valence-electron chi connectivity index (χ4n) is 1.62. The third-order valence-electron chi connectivity index (χ3n) is 2.59. The van der Waals surface area contributed by atoms with E-state index in [2.05, 4.69) is 5.10 Å². The van der Waals surface area contributed by atoms with E-state index in [9.17, 15) is 9.59 Å². The van der Waals surface area contributed by atoms with Crippen molar-refractivity contribution in [3.05, 3.63) is 17.5 Å². The number of likely N-dealkylation sites (N-methyl/N-ethyl adjacent to an activating group) is 1. The maximum Gasteiger partial charge on any atom is 0.339 e. The number of carboxylic acids is 1. The summed E-state index contributed by atoms with van der Waals surface area (Å²) in [5.74, 6) is -1.08. The molecule has 0 saturated heterocycles. The van der Waals surface area contributed by atoms with E-state index < -0.39 is 5.97 Å². The summed E-state index contributed by atoms with van der Waals surface area (Å²) in [5, 5.41) is 12.9. The molecular formula is C11H17N3O3. The highest BCUT2D eigenvalue weighted by Gasteiger charge is 2.15. The fraction of sp³-hybridized carbons (Fsp3) is 0.545. The van der Waals surface area contributed by atoms with Crippen LogP contribution in [0.2, 0.25) is 0 Å². The summed E-state index contributed by atoms with van der Waals surface area (Å²) in [6.45, 7) is 6.78. The SMILES string of the molecule is CCN(CC)C(=O)Cn1cc(C(=O)O)c(C)n1. The van der Waals surface area contributed by atoms with Crippen molar-refractivity contribution >= 4 is 11.9 Å². The monoisotopic (exact) mass is 239 g/mol. The van der Waals surface area contributed by atoms with Crippen molar-refractivity contribution in [1.29, 1.82) is 0 Å². The average molecular weight is 239 g/mol. The summed E-state index contributed by atoms with van der Waals surface area (Å²) < 4.78 is 1.37. The third kappa shape index (κ3) is 3.05. The second kappa shape index (κ2) is 5.47. The molecule has 0 aliphatic rings. The molecule has 1 aromatic rings. The second-order valence-electron chi connectivity index (χ2n) is 3.70. The van der Waals surface area contributed by atoms with Crippen LogP contribution in [-0.2, 0) is 11.3 Å². The predicted octanol–water partition coefficient (Wildman–Crippen LogP) is 0.758. The van der Waals surface area contributed by atoms with Gasteiger partial charge in [0.05, 0.1) is 5.69 Å². The lowest BCUT2D eigenvalue weighted by Crippen LogP contribution is -2.33. The Balaban J connectivity index is 2.79. The van der Waals surface area contributed by atoms with E-state index in [0.717, 1.165) is 0 Å². The zero-order valence-electron chi connectivity index (χ0n) is 10.3. The zero-order valence-corrected chi connectivity index (χ0v) is 10.3. The van der Waals surface area contributed by atoms with Crippen LogP contribution in [0.25, 0.3) is 0 Å². The third-order valence-corrected chi connectivity index (χ3v) is 2.59. The zero-order chi connectivity index (χ0) is 13.0. The molecule has 0 atom stereocenters. The van der Waals surface area contributed by atoms with Gasteiger partial charge in [0, 0.05) is 19.3 Å². The van der Waals surface area contributed by atoms with Crippen molar-refractivity contribution in [3.8, 4) is 0 Å². The molecule has 1 rings (SSSR count). The molecule has 0 aromatic carbocycles. The Morgan fingerprint density at radius 3 is 2.41 bits per heavy atom. The van der Waals surface area contributed by atoms with Crippen molar-refractivity contribution in [2.24, 2.45) is 0 Å². The molecule has 94 valence electrons. The summed E-state index contributed by atoms with van der Waals surface area (Å²) in [6.07, 6.45) is 1.39. The molecule has 1 aromatic heterocycles. The Hall–Kier alpha value is -1.85. The number of hydrogen-bond donors (Lipinski definition) is 1. The van der Waals surface area contributed by atoms with Gasteiger partial charge in [-0.15, -0.1) is 0 Å². The van der Waals surface area contributed by atoms with E-state index >= 15 is 0 Å². The van der Waals surface area contributed by atoms with Crippen molar-refractivity contribution in [2.45, 2.75) is 27.3 Å². The number of aromatic carboxylic acids is 1. The van der Waals surface area contributed by atoms with E-state index in [1.54, 1.807) is 11.8 Å². The molecule has 6 nitrogen and oxygen atoms in total. The van der Waals surface area contributed by atoms with Gasteiger partial charge < -0.3 is 10.0 Å². The first-order chi connectivity index (χ1) is 7.99. The summed E-state index contributed by atoms with van der Waals surface area (Å²) in [5.41, 5.74) is 0.558. The van der Waals surface area contributed by atoms with E-state index in [1.807, 2.05) is 13.8 Å². The van der Waals surface area contributed by atoms with Crippen LogP contribution in [0.15, 0.2) is 6.20 Å². The Morgan fingerprint density at radius 1 is 1.41 bits per heavy atom. The minimum absolute atomic E-state index is 0.0607. The molecule has 1 heterocycles. The van der Waals surface area contributed by atoms with Crippen molar-refractivity contribution in [2.75, 3.05) is 13.1 Å². The number of aryl methyl sites for hydroxylation is 1. The molecular weight excluding hydrogens is 222 g/mol. The topological polar surface area (TPSA) is 75.4 Å². The van der Waals surface area contributed by atoms with Crippen LogP contribution in [-0.4, -0.2) is 44.8 Å². The van der Waals surface area contributed by atoms with E-state index in [0.29, 0.717) is 18.8 Å². The molecule has 0 fully saturated rings. The lowest BCUT2D eigenvalue weighted by atomic mass is 10.3. The normalized spacial score (nSPS) is 10.3. The Morgan fingerprint density at radius 2 is 2.00 bits per heavy atom. The van der Waals surface area contributed by atoms with Gasteiger partial charge in [-0.25, -0.2) is 4.79 Å². The molecule has 0 aliphatic carbocycles. The highest BCUT2D eigenvalue weighted by atomic mass is 16.4. The van der Waals surface area contributed by atoms with Crippen molar-refractivity contribution in [3.63, 3.8) is 0 Å². The number of rotatable bonds is 5. The largest absolute Gasteiger partial charge is 0.478 e. The van der Waals surface area contributed by atoms with E-state index in [4.69, 9.17) is 5.11 Å². The van der Waals surface area contributed by atoms with Crippen LogP contribution >= 0.6 is 0 Å². The van der Waals surface area contributed by atoms with Gasteiger partial charge in [-0.1, -0.05) is 0 Å². The molecule has 0 unspecified atom stereocenters. The van der Waals surface area contributed by atoms with Crippen LogP contribution in [0.1, 0.15) is 29.9 Å². The van der Waals surface area contributed by atoms with Gasteiger partial charge >= 0.3 is 5.97 Å². The van der Waals surface area contributed by atoms with Gasteiger partial charge in [-0.2, -0.15) is 5.10 Å². The molecule has 0 radical (unpaired) electrons. The Bertz CT molecular complexity index is 422. The summed E-state index contributed by atoms with van der Waals surface area (Å²) >= 11 is 0. The number of aromatic nitrogens is 2. The van der Waals surface area contributed by atoms with Gasteiger partial charge in [0.2, 0.25) is 5.91 Å². The van der Waals surface area contributed by atoms with Gasteiger partial charge in [0.15, 0.2) is 0 Å². The summed E-state index contributed by atoms with van der Waals surface area (Å²) in [4.78, 5) is 24.3. The van der Waals surface area contributed by atoms with Crippen LogP contribution in [0.4, 0.5) is 0 Å². The standard InChI is InChI=1S/C11H17N3O3/c1-4-13(5-2)10(15)7-14-6-9(11(16)17)8(3)12-14/h6H,4-5,7H2,1-3H3,(H,16,17). The molecule has 1 N–H and O–H groups in total. The van der Waals surface area contributed by atoms with Crippen LogP contribution in [0.5, 0.6) is 0 Å². The molecule has 17 heavy (non-hydrogen) atoms.